The number of carbonyl (C=O) groups is 1. The van der Waals surface area contributed by atoms with Gasteiger partial charge in [0, 0.05) is 27.3 Å². The van der Waals surface area contributed by atoms with Gasteiger partial charge in [0.2, 0.25) is 0 Å². The summed E-state index contributed by atoms with van der Waals surface area (Å²) in [4.78, 5) is 12.1. The van der Waals surface area contributed by atoms with Crippen molar-refractivity contribution in [1.29, 1.82) is 0 Å². The highest BCUT2D eigenvalue weighted by atomic mass is 79.9. The van der Waals surface area contributed by atoms with E-state index in [0.717, 1.165) is 12.8 Å². The summed E-state index contributed by atoms with van der Waals surface area (Å²) in [7, 11) is 1.46. The summed E-state index contributed by atoms with van der Waals surface area (Å²) in [5.74, 6) is 0.226. The van der Waals surface area contributed by atoms with E-state index in [1.165, 1.54) is 12.1 Å². The number of amides is 1. The molecular formula is C14H17BrClNO3S. The number of benzene rings is 1. The zero-order valence-electron chi connectivity index (χ0n) is 11.8. The predicted octanol–water partition coefficient (Wildman–Crippen LogP) is 3.54. The fourth-order valence-electron chi connectivity index (χ4n) is 2.31. The molecule has 7 heteroatoms. The summed E-state index contributed by atoms with van der Waals surface area (Å²) < 4.78 is 23.3. The molecule has 21 heavy (non-hydrogen) atoms. The van der Waals surface area contributed by atoms with Crippen LogP contribution in [0, 0.1) is 11.3 Å². The lowest BCUT2D eigenvalue weighted by Crippen LogP contribution is -2.32. The summed E-state index contributed by atoms with van der Waals surface area (Å²) in [5.41, 5.74) is 0.478. The minimum absolute atomic E-state index is 0.0892. The van der Waals surface area contributed by atoms with Crippen molar-refractivity contribution in [3.05, 3.63) is 28.2 Å². The minimum Gasteiger partial charge on any atom is -0.351 e. The fourth-order valence-corrected chi connectivity index (χ4v) is 3.76. The van der Waals surface area contributed by atoms with E-state index in [-0.39, 0.29) is 21.8 Å². The third-order valence-corrected chi connectivity index (χ3v) is 5.92. The van der Waals surface area contributed by atoms with Crippen LogP contribution in [0.3, 0.4) is 0 Å². The molecule has 1 fully saturated rings. The maximum absolute atomic E-state index is 12.2. The Bertz CT molecular complexity index is 669. The van der Waals surface area contributed by atoms with Gasteiger partial charge in [-0.25, -0.2) is 8.42 Å². The van der Waals surface area contributed by atoms with Crippen molar-refractivity contribution in [3.63, 3.8) is 0 Å². The molecule has 2 rings (SSSR count). The third-order valence-electron chi connectivity index (χ3n) is 4.13. The molecule has 116 valence electrons. The van der Waals surface area contributed by atoms with Gasteiger partial charge in [-0.05, 0) is 42.4 Å². The van der Waals surface area contributed by atoms with Crippen molar-refractivity contribution < 1.29 is 13.2 Å². The first kappa shape index (κ1) is 16.8. The van der Waals surface area contributed by atoms with E-state index in [9.17, 15) is 13.2 Å². The molecule has 0 aliphatic heterocycles. The van der Waals surface area contributed by atoms with Gasteiger partial charge in [-0.3, -0.25) is 4.79 Å². The highest BCUT2D eigenvalue weighted by molar-refractivity contribution is 9.10. The van der Waals surface area contributed by atoms with E-state index in [4.69, 9.17) is 10.7 Å². The Morgan fingerprint density at radius 3 is 2.48 bits per heavy atom. The molecule has 0 aromatic heterocycles. The molecular weight excluding hydrogens is 378 g/mol. The number of rotatable bonds is 5. The molecule has 4 nitrogen and oxygen atoms in total. The van der Waals surface area contributed by atoms with Crippen molar-refractivity contribution in [3.8, 4) is 0 Å². The zero-order valence-corrected chi connectivity index (χ0v) is 15.0. The summed E-state index contributed by atoms with van der Waals surface area (Å²) in [6.45, 7) is 4.91. The Kier molecular flexibility index (Phi) is 4.71. The van der Waals surface area contributed by atoms with Crippen LogP contribution in [0.4, 0.5) is 0 Å². The van der Waals surface area contributed by atoms with Crippen LogP contribution >= 0.6 is 26.6 Å². The van der Waals surface area contributed by atoms with Gasteiger partial charge in [0.15, 0.2) is 0 Å². The van der Waals surface area contributed by atoms with E-state index >= 15 is 0 Å². The van der Waals surface area contributed by atoms with Gasteiger partial charge < -0.3 is 5.32 Å². The molecule has 1 aliphatic rings. The largest absolute Gasteiger partial charge is 0.351 e. The topological polar surface area (TPSA) is 63.2 Å². The second-order valence-electron chi connectivity index (χ2n) is 5.81. The van der Waals surface area contributed by atoms with E-state index in [1.54, 1.807) is 6.07 Å². The summed E-state index contributed by atoms with van der Waals surface area (Å²) >= 11 is 3.20. The first-order valence-electron chi connectivity index (χ1n) is 6.67. The molecule has 0 saturated heterocycles. The van der Waals surface area contributed by atoms with Gasteiger partial charge in [0.25, 0.3) is 15.0 Å². The van der Waals surface area contributed by atoms with Crippen LogP contribution in [0.25, 0.3) is 0 Å². The molecule has 1 amide bonds. The number of hydrogen-bond donors (Lipinski definition) is 1. The maximum atomic E-state index is 12.2. The van der Waals surface area contributed by atoms with Crippen LogP contribution in [0.5, 0.6) is 0 Å². The molecule has 0 unspecified atom stereocenters. The Hall–Kier alpha value is -0.590. The number of nitrogens with one attached hydrogen (secondary N) is 1. The molecule has 1 aromatic rings. The second kappa shape index (κ2) is 5.89. The van der Waals surface area contributed by atoms with E-state index in [1.807, 2.05) is 0 Å². The molecule has 1 N–H and O–H groups in total. The first-order valence-corrected chi connectivity index (χ1v) is 9.78. The average Bonchev–Trinajstić information content (AvgIpc) is 3.15. The van der Waals surface area contributed by atoms with Crippen molar-refractivity contribution >= 4 is 41.6 Å². The van der Waals surface area contributed by atoms with Crippen molar-refractivity contribution in [2.45, 2.75) is 31.6 Å². The van der Waals surface area contributed by atoms with Gasteiger partial charge in [0.1, 0.15) is 0 Å². The molecule has 0 radical (unpaired) electrons. The normalized spacial score (nSPS) is 16.8. The molecule has 0 spiro atoms. The lowest BCUT2D eigenvalue weighted by molar-refractivity contribution is 0.0939. The Balaban J connectivity index is 2.15. The monoisotopic (exact) mass is 393 g/mol. The summed E-state index contributed by atoms with van der Waals surface area (Å²) in [6, 6.07) is 4.24. The number of hydrogen-bond acceptors (Lipinski definition) is 3. The van der Waals surface area contributed by atoms with Crippen LogP contribution in [0.1, 0.15) is 37.0 Å². The maximum Gasteiger partial charge on any atom is 0.261 e. The molecule has 0 bridgehead atoms. The highest BCUT2D eigenvalue weighted by Gasteiger charge is 2.45. The summed E-state index contributed by atoms with van der Waals surface area (Å²) in [5, 5.41) is 2.89. The van der Waals surface area contributed by atoms with Crippen LogP contribution in [-0.4, -0.2) is 20.9 Å². The molecule has 1 aromatic carbocycles. The quantitative estimate of drug-likeness (QED) is 0.777. The van der Waals surface area contributed by atoms with Gasteiger partial charge in [-0.15, -0.1) is 0 Å². The van der Waals surface area contributed by atoms with Crippen LogP contribution in [0.2, 0.25) is 0 Å². The van der Waals surface area contributed by atoms with Crippen LogP contribution < -0.4 is 5.32 Å². The average molecular weight is 395 g/mol. The van der Waals surface area contributed by atoms with Gasteiger partial charge in [-0.1, -0.05) is 29.8 Å². The Morgan fingerprint density at radius 1 is 1.38 bits per heavy atom. The molecule has 0 heterocycles. The Labute approximate surface area is 137 Å². The third kappa shape index (κ3) is 3.99. The van der Waals surface area contributed by atoms with E-state index < -0.39 is 9.05 Å². The SMILES string of the molecule is CC(C)C1(CNC(=O)c2cc(Br)cc(S(=O)(=O)Cl)c2)CC1. The van der Waals surface area contributed by atoms with Crippen LogP contribution in [-0.2, 0) is 9.05 Å². The minimum atomic E-state index is -3.86. The molecule has 1 saturated carbocycles. The lowest BCUT2D eigenvalue weighted by atomic mass is 9.92. The zero-order chi connectivity index (χ0) is 15.8. The number of carbonyl (C=O) groups excluding carboxylic acids is 1. The second-order valence-corrected chi connectivity index (χ2v) is 9.29. The standard InChI is InChI=1S/C14H17BrClNO3S/c1-9(2)14(3-4-14)8-17-13(18)10-5-11(15)7-12(6-10)21(16,19)20/h5-7,9H,3-4,8H2,1-2H3,(H,17,18). The van der Waals surface area contributed by atoms with Gasteiger partial charge >= 0.3 is 0 Å². The Morgan fingerprint density at radius 2 is 2.00 bits per heavy atom. The van der Waals surface area contributed by atoms with Crippen molar-refractivity contribution in [2.75, 3.05) is 6.54 Å². The van der Waals surface area contributed by atoms with E-state index in [0.29, 0.717) is 16.9 Å². The molecule has 1 aliphatic carbocycles. The predicted molar refractivity (Wildman–Crippen MR) is 86.0 cm³/mol. The highest BCUT2D eigenvalue weighted by Crippen LogP contribution is 2.51. The van der Waals surface area contributed by atoms with Crippen molar-refractivity contribution in [1.82, 2.24) is 5.32 Å². The van der Waals surface area contributed by atoms with Gasteiger partial charge in [-0.2, -0.15) is 0 Å². The molecule has 0 atom stereocenters. The van der Waals surface area contributed by atoms with Crippen molar-refractivity contribution in [2.24, 2.45) is 11.3 Å². The smallest absolute Gasteiger partial charge is 0.261 e. The number of halogens is 2. The summed E-state index contributed by atoms with van der Waals surface area (Å²) in [6.07, 6.45) is 2.23. The van der Waals surface area contributed by atoms with Crippen LogP contribution in [0.15, 0.2) is 27.6 Å². The lowest BCUT2D eigenvalue weighted by Gasteiger charge is -2.20. The van der Waals surface area contributed by atoms with Gasteiger partial charge in [0.05, 0.1) is 4.90 Å². The van der Waals surface area contributed by atoms with E-state index in [2.05, 4.69) is 35.1 Å². The first-order chi connectivity index (χ1) is 9.64. The fraction of sp³-hybridized carbons (Fsp3) is 0.500.